The highest BCUT2D eigenvalue weighted by Gasteiger charge is 2.33. The molecule has 0 aliphatic carbocycles. The van der Waals surface area contributed by atoms with E-state index in [9.17, 15) is 14.9 Å². The summed E-state index contributed by atoms with van der Waals surface area (Å²) in [5.41, 5.74) is 1.22. The Balaban J connectivity index is 2.01. The van der Waals surface area contributed by atoms with Crippen molar-refractivity contribution in [3.8, 4) is 6.07 Å². The molecule has 2 aliphatic rings. The highest BCUT2D eigenvalue weighted by atomic mass is 32.2. The van der Waals surface area contributed by atoms with Gasteiger partial charge in [0, 0.05) is 32.2 Å². The molecule has 2 saturated heterocycles. The third-order valence-electron chi connectivity index (χ3n) is 5.76. The van der Waals surface area contributed by atoms with Gasteiger partial charge < -0.3 is 4.90 Å². The summed E-state index contributed by atoms with van der Waals surface area (Å²) in [6.45, 7) is 6.30. The molecular formula is C22H28N4O2S2. The predicted molar refractivity (Wildman–Crippen MR) is 127 cm³/mol. The van der Waals surface area contributed by atoms with Gasteiger partial charge in [0.25, 0.3) is 11.5 Å². The van der Waals surface area contributed by atoms with E-state index in [1.165, 1.54) is 11.8 Å². The van der Waals surface area contributed by atoms with E-state index in [0.717, 1.165) is 63.0 Å². The van der Waals surface area contributed by atoms with E-state index in [0.29, 0.717) is 21.3 Å². The van der Waals surface area contributed by atoms with Crippen LogP contribution in [0.1, 0.15) is 62.1 Å². The number of pyridine rings is 1. The Morgan fingerprint density at radius 1 is 1.20 bits per heavy atom. The van der Waals surface area contributed by atoms with E-state index in [-0.39, 0.29) is 17.0 Å². The Morgan fingerprint density at radius 2 is 1.90 bits per heavy atom. The average molecular weight is 445 g/mol. The summed E-state index contributed by atoms with van der Waals surface area (Å²) in [7, 11) is 1.70. The van der Waals surface area contributed by atoms with Gasteiger partial charge in [-0.05, 0) is 37.8 Å². The number of carbonyl (C=O) groups excluding carboxylic acids is 1. The first-order valence-corrected chi connectivity index (χ1v) is 11.8. The van der Waals surface area contributed by atoms with Crippen molar-refractivity contribution in [2.24, 2.45) is 7.05 Å². The van der Waals surface area contributed by atoms with Gasteiger partial charge in [-0.15, -0.1) is 0 Å². The third kappa shape index (κ3) is 4.33. The monoisotopic (exact) mass is 444 g/mol. The van der Waals surface area contributed by atoms with E-state index in [2.05, 4.69) is 11.8 Å². The van der Waals surface area contributed by atoms with Crippen LogP contribution in [0.5, 0.6) is 0 Å². The molecule has 0 aromatic carbocycles. The zero-order valence-corrected chi connectivity index (χ0v) is 19.5. The van der Waals surface area contributed by atoms with Crippen molar-refractivity contribution < 1.29 is 4.79 Å². The topological polar surface area (TPSA) is 69.3 Å². The maximum Gasteiger partial charge on any atom is 0.270 e. The Labute approximate surface area is 187 Å². The number of unbranched alkanes of at least 4 members (excludes halogenated alkanes) is 3. The first kappa shape index (κ1) is 22.6. The van der Waals surface area contributed by atoms with Gasteiger partial charge in [-0.1, -0.05) is 50.2 Å². The number of thiocarbonyl (C=S) groups is 1. The van der Waals surface area contributed by atoms with Crippen molar-refractivity contribution in [3.05, 3.63) is 31.9 Å². The van der Waals surface area contributed by atoms with Gasteiger partial charge in [-0.25, -0.2) is 0 Å². The summed E-state index contributed by atoms with van der Waals surface area (Å²) < 4.78 is 2.13. The largest absolute Gasteiger partial charge is 0.357 e. The molecule has 30 heavy (non-hydrogen) atoms. The van der Waals surface area contributed by atoms with Crippen molar-refractivity contribution in [1.82, 2.24) is 9.47 Å². The summed E-state index contributed by atoms with van der Waals surface area (Å²) in [6, 6.07) is 2.05. The Kier molecular flexibility index (Phi) is 7.37. The molecule has 0 saturated carbocycles. The zero-order chi connectivity index (χ0) is 21.8. The molecule has 0 N–H and O–H groups in total. The molecule has 1 aromatic heterocycles. The molecule has 1 aromatic rings. The molecule has 0 bridgehead atoms. The predicted octanol–water partition coefficient (Wildman–Crippen LogP) is 3.95. The minimum atomic E-state index is -0.294. The molecule has 0 spiro atoms. The minimum absolute atomic E-state index is 0.0827. The number of hydrogen-bond acceptors (Lipinski definition) is 6. The average Bonchev–Trinajstić information content (AvgIpc) is 3.33. The second-order valence-electron chi connectivity index (χ2n) is 7.80. The number of amides is 1. The Hall–Kier alpha value is -2.11. The van der Waals surface area contributed by atoms with Crippen molar-refractivity contribution in [3.63, 3.8) is 0 Å². The fourth-order valence-electron chi connectivity index (χ4n) is 4.04. The molecule has 3 rings (SSSR count). The van der Waals surface area contributed by atoms with Gasteiger partial charge in [0.05, 0.1) is 4.91 Å². The summed E-state index contributed by atoms with van der Waals surface area (Å²) in [5.74, 6) is 0.697. The second kappa shape index (κ2) is 9.80. The summed E-state index contributed by atoms with van der Waals surface area (Å²) >= 11 is 6.77. The van der Waals surface area contributed by atoms with Crippen molar-refractivity contribution >= 4 is 46.1 Å². The number of hydrogen-bond donors (Lipinski definition) is 0. The smallest absolute Gasteiger partial charge is 0.270 e. The van der Waals surface area contributed by atoms with Crippen molar-refractivity contribution in [2.75, 3.05) is 24.5 Å². The molecule has 2 fully saturated rings. The molecule has 0 unspecified atom stereocenters. The second-order valence-corrected chi connectivity index (χ2v) is 9.48. The maximum absolute atomic E-state index is 13.0. The fourth-order valence-corrected chi connectivity index (χ4v) is 5.33. The number of anilines is 1. The van der Waals surface area contributed by atoms with Gasteiger partial charge in [0.1, 0.15) is 21.8 Å². The first-order valence-electron chi connectivity index (χ1n) is 10.5. The lowest BCUT2D eigenvalue weighted by Crippen LogP contribution is -2.31. The van der Waals surface area contributed by atoms with E-state index >= 15 is 0 Å². The summed E-state index contributed by atoms with van der Waals surface area (Å²) in [6.07, 6.45) is 8.26. The highest BCUT2D eigenvalue weighted by Crippen LogP contribution is 2.36. The molecule has 0 atom stereocenters. The fraction of sp³-hybridized carbons (Fsp3) is 0.545. The Morgan fingerprint density at radius 3 is 2.53 bits per heavy atom. The lowest BCUT2D eigenvalue weighted by molar-refractivity contribution is -0.122. The first-order chi connectivity index (χ1) is 14.4. The molecule has 2 aliphatic heterocycles. The molecule has 0 radical (unpaired) electrons. The number of rotatable bonds is 7. The molecule has 160 valence electrons. The number of nitrogens with zero attached hydrogens (tertiary/aromatic N) is 4. The van der Waals surface area contributed by atoms with Crippen LogP contribution in [0.4, 0.5) is 5.82 Å². The van der Waals surface area contributed by atoms with Gasteiger partial charge in [-0.2, -0.15) is 5.26 Å². The van der Waals surface area contributed by atoms with Gasteiger partial charge in [0.2, 0.25) is 0 Å². The van der Waals surface area contributed by atoms with Crippen LogP contribution in [0.25, 0.3) is 6.08 Å². The van der Waals surface area contributed by atoms with E-state index in [1.807, 2.05) is 12.1 Å². The number of thioether (sulfide) groups is 1. The summed E-state index contributed by atoms with van der Waals surface area (Å²) in [4.78, 5) is 30.2. The summed E-state index contributed by atoms with van der Waals surface area (Å²) in [5, 5.41) is 9.54. The van der Waals surface area contributed by atoms with Crippen LogP contribution in [-0.2, 0) is 11.8 Å². The van der Waals surface area contributed by atoms with Crippen molar-refractivity contribution in [2.45, 2.75) is 52.4 Å². The van der Waals surface area contributed by atoms with E-state index < -0.39 is 0 Å². The van der Waals surface area contributed by atoms with Crippen LogP contribution in [0.2, 0.25) is 0 Å². The van der Waals surface area contributed by atoms with Gasteiger partial charge in [0.15, 0.2) is 0 Å². The molecule has 6 nitrogen and oxygen atoms in total. The van der Waals surface area contributed by atoms with Crippen LogP contribution in [0.15, 0.2) is 9.70 Å². The third-order valence-corrected chi connectivity index (χ3v) is 7.14. The van der Waals surface area contributed by atoms with Crippen LogP contribution in [0, 0.1) is 18.3 Å². The Bertz CT molecular complexity index is 984. The number of nitriles is 1. The SMILES string of the molecule is CCCCCCN1C(=O)C(=Cc2c(C)c(C#N)c(=O)n(C)c2N2CCCC2)SC1=S. The molecule has 1 amide bonds. The van der Waals surface area contributed by atoms with E-state index in [4.69, 9.17) is 12.2 Å². The lowest BCUT2D eigenvalue weighted by atomic mass is 10.0. The highest BCUT2D eigenvalue weighted by molar-refractivity contribution is 8.26. The van der Waals surface area contributed by atoms with Crippen LogP contribution >= 0.6 is 24.0 Å². The molecule has 3 heterocycles. The van der Waals surface area contributed by atoms with Crippen molar-refractivity contribution in [1.29, 1.82) is 5.26 Å². The van der Waals surface area contributed by atoms with E-state index in [1.54, 1.807) is 23.4 Å². The lowest BCUT2D eigenvalue weighted by Gasteiger charge is -2.25. The molecular weight excluding hydrogens is 416 g/mol. The number of aromatic nitrogens is 1. The standard InChI is InChI=1S/C22H28N4O2S2/c1-4-5-6-7-12-26-21(28)18(30-22(26)29)13-16-15(2)17(14-23)20(27)24(3)19(16)25-10-8-9-11-25/h13H,4-12H2,1-3H3. The molecule has 8 heteroatoms. The van der Waals surface area contributed by atoms with Gasteiger partial charge >= 0.3 is 0 Å². The maximum atomic E-state index is 13.0. The zero-order valence-electron chi connectivity index (χ0n) is 17.9. The minimum Gasteiger partial charge on any atom is -0.357 e. The van der Waals surface area contributed by atoms with Gasteiger partial charge in [-0.3, -0.25) is 19.1 Å². The quantitative estimate of drug-likeness (QED) is 0.360. The normalized spacial score (nSPS) is 18.0. The van der Waals surface area contributed by atoms with Crippen LogP contribution in [0.3, 0.4) is 0 Å². The van der Waals surface area contributed by atoms with Crippen LogP contribution in [-0.4, -0.2) is 39.3 Å². The number of carbonyl (C=O) groups is 1. The van der Waals surface area contributed by atoms with Crippen LogP contribution < -0.4 is 10.5 Å².